The van der Waals surface area contributed by atoms with E-state index in [1.165, 1.54) is 11.6 Å². The smallest absolute Gasteiger partial charge is 0.243 e. The zero-order valence-corrected chi connectivity index (χ0v) is 15.7. The van der Waals surface area contributed by atoms with Gasteiger partial charge in [0.1, 0.15) is 5.01 Å². The lowest BCUT2D eigenvalue weighted by atomic mass is 9.94. The number of carbonyl (C=O) groups excluding carboxylic acids is 1. The van der Waals surface area contributed by atoms with Crippen molar-refractivity contribution in [3.63, 3.8) is 0 Å². The Morgan fingerprint density at radius 3 is 3.07 bits per heavy atom. The highest BCUT2D eigenvalue weighted by atomic mass is 32.1. The molecule has 1 aliphatic heterocycles. The van der Waals surface area contributed by atoms with E-state index < -0.39 is 0 Å². The third-order valence-electron chi connectivity index (χ3n) is 4.44. The van der Waals surface area contributed by atoms with Crippen LogP contribution in [0.25, 0.3) is 6.08 Å². The van der Waals surface area contributed by atoms with Crippen LogP contribution in [-0.4, -0.2) is 21.1 Å². The van der Waals surface area contributed by atoms with E-state index >= 15 is 0 Å². The van der Waals surface area contributed by atoms with Crippen molar-refractivity contribution in [2.45, 2.75) is 19.5 Å². The maximum atomic E-state index is 11.5. The van der Waals surface area contributed by atoms with Gasteiger partial charge in [0.2, 0.25) is 11.0 Å². The van der Waals surface area contributed by atoms with E-state index in [9.17, 15) is 4.79 Å². The number of carbonyl (C=O) groups is 1. The Labute approximate surface area is 161 Å². The highest BCUT2D eigenvalue weighted by Crippen LogP contribution is 2.39. The molecule has 0 saturated carbocycles. The predicted molar refractivity (Wildman–Crippen MR) is 107 cm³/mol. The number of H-pyrrole nitrogens is 1. The number of fused-ring (bicyclic) bond motifs is 1. The van der Waals surface area contributed by atoms with Gasteiger partial charge in [-0.05, 0) is 36.3 Å². The van der Waals surface area contributed by atoms with E-state index in [4.69, 9.17) is 0 Å². The number of rotatable bonds is 5. The van der Waals surface area contributed by atoms with Gasteiger partial charge in [0.25, 0.3) is 0 Å². The van der Waals surface area contributed by atoms with Crippen molar-refractivity contribution in [3.05, 3.63) is 82.8 Å². The lowest BCUT2D eigenvalue weighted by Gasteiger charge is -2.32. The first kappa shape index (κ1) is 17.2. The molecule has 7 heteroatoms. The van der Waals surface area contributed by atoms with Gasteiger partial charge >= 0.3 is 0 Å². The zero-order chi connectivity index (χ0) is 18.8. The summed E-state index contributed by atoms with van der Waals surface area (Å²) >= 11 is 1.57. The minimum absolute atomic E-state index is 0.0151. The number of aromatic nitrogens is 3. The van der Waals surface area contributed by atoms with Crippen molar-refractivity contribution < 1.29 is 4.79 Å². The molecule has 27 heavy (non-hydrogen) atoms. The van der Waals surface area contributed by atoms with Gasteiger partial charge in [0, 0.05) is 30.2 Å². The summed E-state index contributed by atoms with van der Waals surface area (Å²) in [6.07, 6.45) is 7.32. The molecule has 1 unspecified atom stereocenters. The summed E-state index contributed by atoms with van der Waals surface area (Å²) in [5.74, 6) is -0.181. The Balaban J connectivity index is 1.71. The second-order valence-corrected chi connectivity index (χ2v) is 7.40. The molecule has 3 heterocycles. The molecule has 0 aliphatic carbocycles. The number of nitrogens with one attached hydrogen (secondary N) is 2. The molecule has 2 aromatic heterocycles. The van der Waals surface area contributed by atoms with Crippen LogP contribution in [0, 0.1) is 6.92 Å². The molecular weight excluding hydrogens is 358 g/mol. The number of anilines is 1. The van der Waals surface area contributed by atoms with Crippen LogP contribution in [0.1, 0.15) is 33.4 Å². The Hall–Kier alpha value is -3.19. The number of hydrogen-bond acceptors (Lipinski definition) is 5. The number of hydrogen-bond donors (Lipinski definition) is 2. The molecule has 1 aromatic carbocycles. The van der Waals surface area contributed by atoms with E-state index in [-0.39, 0.29) is 11.9 Å². The van der Waals surface area contributed by atoms with E-state index in [0.717, 1.165) is 27.0 Å². The van der Waals surface area contributed by atoms with Crippen LogP contribution in [0.2, 0.25) is 0 Å². The number of nitrogens with zero attached hydrogens (tertiary/aromatic N) is 3. The van der Waals surface area contributed by atoms with E-state index in [1.807, 2.05) is 31.5 Å². The molecule has 1 amide bonds. The number of amides is 1. The molecule has 2 N–H and O–H groups in total. The van der Waals surface area contributed by atoms with Crippen LogP contribution >= 0.6 is 11.3 Å². The van der Waals surface area contributed by atoms with Crippen LogP contribution < -0.4 is 10.2 Å². The van der Waals surface area contributed by atoms with E-state index in [0.29, 0.717) is 6.54 Å². The van der Waals surface area contributed by atoms with Crippen molar-refractivity contribution in [1.82, 2.24) is 20.5 Å². The van der Waals surface area contributed by atoms with Crippen molar-refractivity contribution in [3.8, 4) is 0 Å². The van der Waals surface area contributed by atoms with Gasteiger partial charge in [0.05, 0.1) is 6.04 Å². The lowest BCUT2D eigenvalue weighted by Crippen LogP contribution is -2.27. The molecule has 1 aliphatic rings. The normalized spacial score (nSPS) is 15.4. The third kappa shape index (κ3) is 3.41. The Morgan fingerprint density at radius 1 is 1.41 bits per heavy atom. The van der Waals surface area contributed by atoms with Crippen molar-refractivity contribution in [2.24, 2.45) is 0 Å². The number of aromatic amines is 1. The highest BCUT2D eigenvalue weighted by molar-refractivity contribution is 7.15. The van der Waals surface area contributed by atoms with E-state index in [1.54, 1.807) is 11.3 Å². The van der Waals surface area contributed by atoms with Gasteiger partial charge in [-0.15, -0.1) is 10.2 Å². The first-order chi connectivity index (χ1) is 13.2. The van der Waals surface area contributed by atoms with Gasteiger partial charge in [-0.2, -0.15) is 0 Å². The molecule has 136 valence electrons. The molecule has 4 rings (SSSR count). The molecule has 0 saturated heterocycles. The monoisotopic (exact) mass is 377 g/mol. The van der Waals surface area contributed by atoms with Gasteiger partial charge < -0.3 is 15.2 Å². The summed E-state index contributed by atoms with van der Waals surface area (Å²) in [7, 11) is 0. The van der Waals surface area contributed by atoms with Crippen LogP contribution in [0.15, 0.2) is 55.4 Å². The lowest BCUT2D eigenvalue weighted by molar-refractivity contribution is -0.116. The van der Waals surface area contributed by atoms with Crippen LogP contribution in [-0.2, 0) is 11.3 Å². The summed E-state index contributed by atoms with van der Waals surface area (Å²) in [5.41, 5.74) is 4.42. The minimum atomic E-state index is -0.181. The summed E-state index contributed by atoms with van der Waals surface area (Å²) < 4.78 is 0. The summed E-state index contributed by atoms with van der Waals surface area (Å²) in [6, 6.07) is 10.3. The fraction of sp³-hybridized carbons (Fsp3) is 0.150. The van der Waals surface area contributed by atoms with Crippen molar-refractivity contribution in [1.29, 1.82) is 0 Å². The number of benzene rings is 1. The van der Waals surface area contributed by atoms with Crippen LogP contribution in [0.3, 0.4) is 0 Å². The van der Waals surface area contributed by atoms with Gasteiger partial charge in [-0.3, -0.25) is 4.79 Å². The first-order valence-electron chi connectivity index (χ1n) is 8.59. The number of aryl methyl sites for hydroxylation is 1. The summed E-state index contributed by atoms with van der Waals surface area (Å²) in [4.78, 5) is 16.9. The summed E-state index contributed by atoms with van der Waals surface area (Å²) in [5, 5.41) is 13.1. The largest absolute Gasteiger partial charge is 0.361 e. The second-order valence-electron chi connectivity index (χ2n) is 6.24. The average Bonchev–Trinajstić information content (AvgIpc) is 3.34. The van der Waals surface area contributed by atoms with Crippen LogP contribution in [0.5, 0.6) is 0 Å². The molecule has 1 atom stereocenters. The average molecular weight is 377 g/mol. The standard InChI is InChI=1S/C20H19N5OS/c1-3-18(26)22-12-14-5-4-6-15(11-14)19-16-7-9-21-17(16)8-10-25(19)20-24-23-13(2)27-20/h3-11,19,21H,1,12H2,2H3,(H,22,26). The Bertz CT molecular complexity index is 1020. The SMILES string of the molecule is C=CC(=O)NCc1cccc(C2c3cc[nH]c3C=CN2c2nnc(C)s2)c1. The van der Waals surface area contributed by atoms with Gasteiger partial charge in [-0.25, -0.2) is 0 Å². The highest BCUT2D eigenvalue weighted by Gasteiger charge is 2.29. The van der Waals surface area contributed by atoms with Crippen molar-refractivity contribution in [2.75, 3.05) is 4.90 Å². The zero-order valence-electron chi connectivity index (χ0n) is 14.8. The fourth-order valence-corrected chi connectivity index (χ4v) is 3.91. The van der Waals surface area contributed by atoms with E-state index in [2.05, 4.69) is 56.3 Å². The predicted octanol–water partition coefficient (Wildman–Crippen LogP) is 3.56. The quantitative estimate of drug-likeness (QED) is 0.667. The van der Waals surface area contributed by atoms with Gasteiger partial charge in [0.15, 0.2) is 0 Å². The molecule has 0 spiro atoms. The molecule has 3 aromatic rings. The van der Waals surface area contributed by atoms with Crippen molar-refractivity contribution >= 4 is 28.5 Å². The molecule has 0 bridgehead atoms. The maximum Gasteiger partial charge on any atom is 0.243 e. The second kappa shape index (κ2) is 7.20. The molecular formula is C20H19N5OS. The Morgan fingerprint density at radius 2 is 2.30 bits per heavy atom. The molecule has 0 fully saturated rings. The van der Waals surface area contributed by atoms with Crippen LogP contribution in [0.4, 0.5) is 5.13 Å². The summed E-state index contributed by atoms with van der Waals surface area (Å²) in [6.45, 7) is 5.90. The molecule has 0 radical (unpaired) electrons. The third-order valence-corrected chi connectivity index (χ3v) is 5.29. The molecule has 6 nitrogen and oxygen atoms in total. The minimum Gasteiger partial charge on any atom is -0.361 e. The first-order valence-corrected chi connectivity index (χ1v) is 9.40. The Kier molecular flexibility index (Phi) is 4.60. The topological polar surface area (TPSA) is 73.9 Å². The van der Waals surface area contributed by atoms with Gasteiger partial charge in [-0.1, -0.05) is 42.2 Å². The fourth-order valence-electron chi connectivity index (χ4n) is 3.21. The maximum absolute atomic E-state index is 11.5.